The first-order chi connectivity index (χ1) is 10.0. The van der Waals surface area contributed by atoms with Crippen molar-refractivity contribution in [3.05, 3.63) is 35.4 Å². The van der Waals surface area contributed by atoms with Gasteiger partial charge in [0, 0.05) is 0 Å². The molecular formula is C19H31NO. The van der Waals surface area contributed by atoms with E-state index in [9.17, 15) is 0 Å². The second-order valence-corrected chi connectivity index (χ2v) is 7.26. The van der Waals surface area contributed by atoms with Crippen LogP contribution in [0.5, 0.6) is 0 Å². The Morgan fingerprint density at radius 3 is 2.33 bits per heavy atom. The Morgan fingerprint density at radius 2 is 1.86 bits per heavy atom. The molecule has 1 aliphatic carbocycles. The molecule has 0 aromatic heterocycles. The summed E-state index contributed by atoms with van der Waals surface area (Å²) in [4.78, 5) is 0. The maximum Gasteiger partial charge on any atom is 0.0665 e. The fourth-order valence-corrected chi connectivity index (χ4v) is 2.58. The normalized spacial score (nSPS) is 17.5. The molecule has 1 saturated carbocycles. The van der Waals surface area contributed by atoms with Gasteiger partial charge in [-0.05, 0) is 48.8 Å². The van der Waals surface area contributed by atoms with E-state index in [0.29, 0.717) is 12.1 Å². The molecule has 2 nitrogen and oxygen atoms in total. The highest BCUT2D eigenvalue weighted by molar-refractivity contribution is 5.29. The Hall–Kier alpha value is -0.860. The first kappa shape index (κ1) is 16.5. The number of hydrogen-bond donors (Lipinski definition) is 1. The second-order valence-electron chi connectivity index (χ2n) is 7.26. The lowest BCUT2D eigenvalue weighted by Gasteiger charge is -2.29. The van der Waals surface area contributed by atoms with Crippen LogP contribution in [0.25, 0.3) is 0 Å². The molecule has 0 heterocycles. The van der Waals surface area contributed by atoms with Crippen LogP contribution in [0.1, 0.15) is 70.5 Å². The topological polar surface area (TPSA) is 21.3 Å². The second kappa shape index (κ2) is 7.42. The van der Waals surface area contributed by atoms with Crippen LogP contribution in [0, 0.1) is 0 Å². The Labute approximate surface area is 130 Å². The lowest BCUT2D eigenvalue weighted by Crippen LogP contribution is -2.30. The van der Waals surface area contributed by atoms with Gasteiger partial charge in [-0.1, -0.05) is 52.0 Å². The molecule has 0 spiro atoms. The van der Waals surface area contributed by atoms with Gasteiger partial charge in [0.2, 0.25) is 0 Å². The molecule has 118 valence electrons. The molecule has 0 saturated heterocycles. The van der Waals surface area contributed by atoms with Gasteiger partial charge in [0.05, 0.1) is 18.8 Å². The molecule has 2 heteroatoms. The lowest BCUT2D eigenvalue weighted by atomic mass is 9.86. The number of ether oxygens (including phenoxy) is 1. The van der Waals surface area contributed by atoms with Crippen LogP contribution in [0.3, 0.4) is 0 Å². The van der Waals surface area contributed by atoms with E-state index in [1.807, 2.05) is 0 Å². The third-order valence-electron chi connectivity index (χ3n) is 4.37. The minimum atomic E-state index is 0.216. The molecule has 1 unspecified atom stereocenters. The van der Waals surface area contributed by atoms with E-state index in [2.05, 4.69) is 57.3 Å². The van der Waals surface area contributed by atoms with Gasteiger partial charge in [-0.2, -0.15) is 0 Å². The summed E-state index contributed by atoms with van der Waals surface area (Å²) in [5, 5.41) is 3.62. The van der Waals surface area contributed by atoms with E-state index in [4.69, 9.17) is 4.74 Å². The fourth-order valence-electron chi connectivity index (χ4n) is 2.58. The average molecular weight is 289 g/mol. The van der Waals surface area contributed by atoms with E-state index in [0.717, 1.165) is 19.6 Å². The maximum atomic E-state index is 6.03. The van der Waals surface area contributed by atoms with Gasteiger partial charge >= 0.3 is 0 Å². The summed E-state index contributed by atoms with van der Waals surface area (Å²) < 4.78 is 6.03. The van der Waals surface area contributed by atoms with Gasteiger partial charge < -0.3 is 10.1 Å². The SMILES string of the molecule is CCCNC(COC1CCC1)c1ccc(C(C)(C)C)cc1. The third-order valence-corrected chi connectivity index (χ3v) is 4.37. The van der Waals surface area contributed by atoms with Crippen molar-refractivity contribution >= 4 is 0 Å². The van der Waals surface area contributed by atoms with Gasteiger partial charge in [-0.3, -0.25) is 0 Å². The van der Waals surface area contributed by atoms with Crippen molar-refractivity contribution in [3.8, 4) is 0 Å². The monoisotopic (exact) mass is 289 g/mol. The minimum Gasteiger partial charge on any atom is -0.376 e. The average Bonchev–Trinajstić information content (AvgIpc) is 2.40. The quantitative estimate of drug-likeness (QED) is 0.792. The Morgan fingerprint density at radius 1 is 1.19 bits per heavy atom. The first-order valence-corrected chi connectivity index (χ1v) is 8.46. The predicted octanol–water partition coefficient (Wildman–Crippen LogP) is 4.59. The van der Waals surface area contributed by atoms with Gasteiger partial charge in [-0.15, -0.1) is 0 Å². The minimum absolute atomic E-state index is 0.216. The summed E-state index contributed by atoms with van der Waals surface area (Å²) in [6, 6.07) is 9.37. The summed E-state index contributed by atoms with van der Waals surface area (Å²) in [7, 11) is 0. The first-order valence-electron chi connectivity index (χ1n) is 8.46. The van der Waals surface area contributed by atoms with Crippen molar-refractivity contribution in [2.24, 2.45) is 0 Å². The van der Waals surface area contributed by atoms with Crippen LogP contribution in [-0.2, 0) is 10.2 Å². The van der Waals surface area contributed by atoms with Crippen molar-refractivity contribution in [2.75, 3.05) is 13.2 Å². The molecule has 0 radical (unpaired) electrons. The Kier molecular flexibility index (Phi) is 5.83. The molecule has 21 heavy (non-hydrogen) atoms. The molecule has 1 atom stereocenters. The van der Waals surface area contributed by atoms with Crippen molar-refractivity contribution < 1.29 is 4.74 Å². The summed E-state index contributed by atoms with van der Waals surface area (Å²) in [5.41, 5.74) is 2.95. The zero-order valence-corrected chi connectivity index (χ0v) is 14.1. The number of rotatable bonds is 7. The number of hydrogen-bond acceptors (Lipinski definition) is 2. The number of benzene rings is 1. The molecule has 1 N–H and O–H groups in total. The van der Waals surface area contributed by atoms with Gasteiger partial charge in [-0.25, -0.2) is 0 Å². The molecule has 2 rings (SSSR count). The highest BCUT2D eigenvalue weighted by Crippen LogP contribution is 2.26. The van der Waals surface area contributed by atoms with Crippen molar-refractivity contribution in [1.82, 2.24) is 5.32 Å². The molecule has 1 fully saturated rings. The lowest BCUT2D eigenvalue weighted by molar-refractivity contribution is -0.00876. The van der Waals surface area contributed by atoms with E-state index in [1.54, 1.807) is 0 Å². The number of nitrogens with one attached hydrogen (secondary N) is 1. The Bertz CT molecular complexity index is 414. The van der Waals surface area contributed by atoms with E-state index in [-0.39, 0.29) is 5.41 Å². The van der Waals surface area contributed by atoms with Crippen LogP contribution in [-0.4, -0.2) is 19.3 Å². The van der Waals surface area contributed by atoms with Crippen molar-refractivity contribution in [2.45, 2.75) is 70.9 Å². The third kappa shape index (κ3) is 4.82. The summed E-state index contributed by atoms with van der Waals surface area (Å²) in [6.45, 7) is 10.8. The predicted molar refractivity (Wildman–Crippen MR) is 89.8 cm³/mol. The van der Waals surface area contributed by atoms with Crippen LogP contribution < -0.4 is 5.32 Å². The van der Waals surface area contributed by atoms with Crippen molar-refractivity contribution in [3.63, 3.8) is 0 Å². The zero-order chi connectivity index (χ0) is 15.3. The molecule has 0 bridgehead atoms. The smallest absolute Gasteiger partial charge is 0.0665 e. The highest BCUT2D eigenvalue weighted by Gasteiger charge is 2.21. The largest absolute Gasteiger partial charge is 0.376 e. The van der Waals surface area contributed by atoms with Gasteiger partial charge in [0.1, 0.15) is 0 Å². The molecule has 1 aromatic carbocycles. The fraction of sp³-hybridized carbons (Fsp3) is 0.684. The highest BCUT2D eigenvalue weighted by atomic mass is 16.5. The molecule has 0 amide bonds. The van der Waals surface area contributed by atoms with E-state index >= 15 is 0 Å². The maximum absolute atomic E-state index is 6.03. The van der Waals surface area contributed by atoms with Gasteiger partial charge in [0.15, 0.2) is 0 Å². The zero-order valence-electron chi connectivity index (χ0n) is 14.1. The van der Waals surface area contributed by atoms with Crippen LogP contribution >= 0.6 is 0 Å². The molecule has 1 aliphatic rings. The summed E-state index contributed by atoms with van der Waals surface area (Å²) in [5.74, 6) is 0. The Balaban J connectivity index is 2.00. The standard InChI is InChI=1S/C19H31NO/c1-5-13-20-18(14-21-17-7-6-8-17)15-9-11-16(12-10-15)19(2,3)4/h9-12,17-18,20H,5-8,13-14H2,1-4H3. The molecule has 0 aliphatic heterocycles. The molecular weight excluding hydrogens is 258 g/mol. The van der Waals surface area contributed by atoms with Crippen LogP contribution in [0.4, 0.5) is 0 Å². The summed E-state index contributed by atoms with van der Waals surface area (Å²) in [6.07, 6.45) is 5.47. The van der Waals surface area contributed by atoms with Gasteiger partial charge in [0.25, 0.3) is 0 Å². The van der Waals surface area contributed by atoms with Crippen LogP contribution in [0.2, 0.25) is 0 Å². The summed E-state index contributed by atoms with van der Waals surface area (Å²) >= 11 is 0. The molecule has 1 aromatic rings. The van der Waals surface area contributed by atoms with Crippen molar-refractivity contribution in [1.29, 1.82) is 0 Å². The van der Waals surface area contributed by atoms with E-state index < -0.39 is 0 Å². The van der Waals surface area contributed by atoms with Crippen LogP contribution in [0.15, 0.2) is 24.3 Å². The van der Waals surface area contributed by atoms with E-state index in [1.165, 1.54) is 30.4 Å².